The van der Waals surface area contributed by atoms with Crippen LogP contribution in [-0.4, -0.2) is 37.1 Å². The number of fused-ring (bicyclic) bond motifs is 3. The lowest BCUT2D eigenvalue weighted by molar-refractivity contribution is 0.100. The van der Waals surface area contributed by atoms with E-state index < -0.39 is 31.9 Å². The number of hydrogen-bond acceptors (Lipinski definition) is 7. The second-order valence-corrected chi connectivity index (χ2v) is 11.4. The van der Waals surface area contributed by atoms with E-state index in [9.17, 15) is 21.6 Å². The Morgan fingerprint density at radius 1 is 1.18 bits per heavy atom. The maximum atomic E-state index is 13.5. The summed E-state index contributed by atoms with van der Waals surface area (Å²) in [6.45, 7) is 3.53. The highest BCUT2D eigenvalue weighted by molar-refractivity contribution is 7.91. The van der Waals surface area contributed by atoms with Crippen LogP contribution in [-0.2, 0) is 26.5 Å². The first-order valence-corrected chi connectivity index (χ1v) is 13.2. The first-order valence-electron chi connectivity index (χ1n) is 10.3. The van der Waals surface area contributed by atoms with Gasteiger partial charge in [-0.25, -0.2) is 20.8 Å². The summed E-state index contributed by atoms with van der Waals surface area (Å²) in [5.74, 6) is -0.437. The molecule has 1 aliphatic rings. The molecule has 1 fully saturated rings. The molecule has 11 heteroatoms. The number of aryl methyl sites for hydroxylation is 2. The van der Waals surface area contributed by atoms with Gasteiger partial charge in [-0.2, -0.15) is 0 Å². The number of carbonyl (C=O) groups is 1. The molecule has 9 nitrogen and oxygen atoms in total. The Labute approximate surface area is 191 Å². The van der Waals surface area contributed by atoms with Crippen LogP contribution < -0.4 is 5.73 Å². The summed E-state index contributed by atoms with van der Waals surface area (Å²) in [5.41, 5.74) is 8.72. The zero-order valence-corrected chi connectivity index (χ0v) is 19.6. The first kappa shape index (κ1) is 21.7. The van der Waals surface area contributed by atoms with Crippen LogP contribution >= 0.6 is 0 Å². The number of carbonyl (C=O) groups excluding carboxylic acids is 1. The van der Waals surface area contributed by atoms with Crippen molar-refractivity contribution < 1.29 is 26.2 Å². The molecular formula is C22H21N3O6S2. The van der Waals surface area contributed by atoms with Gasteiger partial charge < -0.3 is 10.3 Å². The Morgan fingerprint density at radius 2 is 1.91 bits per heavy atom. The van der Waals surface area contributed by atoms with Gasteiger partial charge in [-0.15, -0.1) is 0 Å². The molecule has 0 spiro atoms. The van der Waals surface area contributed by atoms with Crippen molar-refractivity contribution in [1.29, 1.82) is 0 Å². The van der Waals surface area contributed by atoms with Crippen molar-refractivity contribution in [2.45, 2.75) is 37.7 Å². The van der Waals surface area contributed by atoms with Crippen LogP contribution in [0.3, 0.4) is 0 Å². The van der Waals surface area contributed by atoms with E-state index in [1.807, 2.05) is 0 Å². The van der Waals surface area contributed by atoms with Crippen molar-refractivity contribution in [3.63, 3.8) is 0 Å². The van der Waals surface area contributed by atoms with E-state index in [4.69, 9.17) is 10.3 Å². The molecule has 33 heavy (non-hydrogen) atoms. The largest absolute Gasteiger partial charge is 0.366 e. The number of rotatable bonds is 6. The maximum absolute atomic E-state index is 13.5. The van der Waals surface area contributed by atoms with E-state index in [0.29, 0.717) is 57.3 Å². The second-order valence-electron chi connectivity index (χ2n) is 8.33. The standard InChI is InChI=1S/C22H21N3O6S2/c1-11-20(12(2)31-24-11)14-8-17-16-6-3-13(10-32(27)28)7-19(16)25(33(29,30)15-4-5-15)21(17)18(9-14)22(23)26/h3,6-9,15,32H,4-5,10H2,1-2H3,(H2,23,26). The number of primary amides is 1. The highest BCUT2D eigenvalue weighted by Gasteiger charge is 2.39. The molecular weight excluding hydrogens is 466 g/mol. The minimum Gasteiger partial charge on any atom is -0.366 e. The summed E-state index contributed by atoms with van der Waals surface area (Å²) in [6, 6.07) is 8.24. The molecule has 0 aliphatic heterocycles. The third-order valence-electron chi connectivity index (χ3n) is 5.98. The second kappa shape index (κ2) is 7.42. The highest BCUT2D eigenvalue weighted by atomic mass is 32.2. The summed E-state index contributed by atoms with van der Waals surface area (Å²) < 4.78 is 56.0. The maximum Gasteiger partial charge on any atom is 0.250 e. The monoisotopic (exact) mass is 487 g/mol. The smallest absolute Gasteiger partial charge is 0.250 e. The molecule has 0 bridgehead atoms. The van der Waals surface area contributed by atoms with Gasteiger partial charge in [0.25, 0.3) is 5.91 Å². The number of nitrogens with two attached hydrogens (primary N) is 1. The summed E-state index contributed by atoms with van der Waals surface area (Å²) in [5, 5.41) is 4.52. The van der Waals surface area contributed by atoms with E-state index in [-0.39, 0.29) is 16.8 Å². The van der Waals surface area contributed by atoms with Gasteiger partial charge in [-0.3, -0.25) is 4.79 Å². The fourth-order valence-electron chi connectivity index (χ4n) is 4.41. The van der Waals surface area contributed by atoms with Crippen LogP contribution in [0.5, 0.6) is 0 Å². The lowest BCUT2D eigenvalue weighted by Gasteiger charge is -2.11. The number of aromatic nitrogens is 2. The SMILES string of the molecule is Cc1noc(C)c1-c1cc(C(N)=O)c2c(c1)c1ccc(C[SH](=O)=O)cc1n2S(=O)(=O)C1CC1. The number of nitrogens with zero attached hydrogens (tertiary/aromatic N) is 2. The van der Waals surface area contributed by atoms with Crippen molar-refractivity contribution in [2.75, 3.05) is 0 Å². The molecule has 2 heterocycles. The van der Waals surface area contributed by atoms with Crippen LogP contribution in [0.15, 0.2) is 34.9 Å². The topological polar surface area (TPSA) is 142 Å². The Bertz CT molecular complexity index is 1630. The van der Waals surface area contributed by atoms with Gasteiger partial charge in [0.1, 0.15) is 16.5 Å². The summed E-state index contributed by atoms with van der Waals surface area (Å²) in [7, 11) is -6.53. The zero-order chi connectivity index (χ0) is 23.7. The van der Waals surface area contributed by atoms with Gasteiger partial charge in [0, 0.05) is 16.3 Å². The number of benzene rings is 2. The van der Waals surface area contributed by atoms with Crippen molar-refractivity contribution in [2.24, 2.45) is 5.73 Å². The van der Waals surface area contributed by atoms with Gasteiger partial charge in [0.2, 0.25) is 10.0 Å². The van der Waals surface area contributed by atoms with Gasteiger partial charge in [-0.1, -0.05) is 17.3 Å². The summed E-state index contributed by atoms with van der Waals surface area (Å²) in [4.78, 5) is 12.6. The van der Waals surface area contributed by atoms with Crippen molar-refractivity contribution >= 4 is 48.4 Å². The van der Waals surface area contributed by atoms with E-state index in [1.54, 1.807) is 44.2 Å². The lowest BCUT2D eigenvalue weighted by atomic mass is 9.98. The molecule has 1 amide bonds. The van der Waals surface area contributed by atoms with Gasteiger partial charge in [-0.05, 0) is 56.0 Å². The van der Waals surface area contributed by atoms with Crippen molar-refractivity contribution in [3.05, 3.63) is 52.9 Å². The molecule has 0 unspecified atom stereocenters. The predicted octanol–water partition coefficient (Wildman–Crippen LogP) is 2.62. The minimum absolute atomic E-state index is 0.0550. The van der Waals surface area contributed by atoms with Gasteiger partial charge in [0.15, 0.2) is 0 Å². The lowest BCUT2D eigenvalue weighted by Crippen LogP contribution is -2.20. The summed E-state index contributed by atoms with van der Waals surface area (Å²) >= 11 is 0. The third kappa shape index (κ3) is 3.42. The van der Waals surface area contributed by atoms with Crippen LogP contribution in [0, 0.1) is 13.8 Å². The molecule has 2 aromatic heterocycles. The van der Waals surface area contributed by atoms with Gasteiger partial charge >= 0.3 is 0 Å². The fourth-order valence-corrected chi connectivity index (χ4v) is 6.81. The molecule has 1 aliphatic carbocycles. The quantitative estimate of drug-likeness (QED) is 0.398. The van der Waals surface area contributed by atoms with Crippen LogP contribution in [0.25, 0.3) is 32.9 Å². The predicted molar refractivity (Wildman–Crippen MR) is 124 cm³/mol. The number of amides is 1. The van der Waals surface area contributed by atoms with Crippen LogP contribution in [0.4, 0.5) is 0 Å². The Balaban J connectivity index is 1.96. The molecule has 0 saturated heterocycles. The van der Waals surface area contributed by atoms with E-state index in [1.165, 1.54) is 3.97 Å². The normalized spacial score (nSPS) is 14.5. The zero-order valence-electron chi connectivity index (χ0n) is 17.9. The molecule has 2 N–H and O–H groups in total. The molecule has 5 rings (SSSR count). The molecule has 0 atom stereocenters. The Hall–Kier alpha value is -3.18. The highest BCUT2D eigenvalue weighted by Crippen LogP contribution is 2.41. The molecule has 0 radical (unpaired) electrons. The van der Waals surface area contributed by atoms with E-state index in [2.05, 4.69) is 5.16 Å². The Kier molecular flexibility index (Phi) is 4.87. The minimum atomic E-state index is -3.83. The number of thiol groups is 1. The molecule has 1 saturated carbocycles. The van der Waals surface area contributed by atoms with E-state index >= 15 is 0 Å². The third-order valence-corrected chi connectivity index (χ3v) is 8.81. The molecule has 172 valence electrons. The van der Waals surface area contributed by atoms with Crippen molar-refractivity contribution in [1.82, 2.24) is 9.13 Å². The summed E-state index contributed by atoms with van der Waals surface area (Å²) in [6.07, 6.45) is 1.05. The number of hydrogen-bond donors (Lipinski definition) is 2. The van der Waals surface area contributed by atoms with E-state index in [0.717, 1.165) is 0 Å². The average molecular weight is 488 g/mol. The fraction of sp³-hybridized carbons (Fsp3) is 0.273. The Morgan fingerprint density at radius 3 is 2.48 bits per heavy atom. The first-order chi connectivity index (χ1) is 15.6. The van der Waals surface area contributed by atoms with Crippen molar-refractivity contribution in [3.8, 4) is 11.1 Å². The van der Waals surface area contributed by atoms with Crippen LogP contribution in [0.1, 0.15) is 40.2 Å². The van der Waals surface area contributed by atoms with Crippen LogP contribution in [0.2, 0.25) is 0 Å². The van der Waals surface area contributed by atoms with Gasteiger partial charge in [0.05, 0.1) is 33.3 Å². The molecule has 2 aromatic carbocycles. The molecule has 4 aromatic rings. The average Bonchev–Trinajstić information content (AvgIpc) is 3.48.